The number of carbonyl (C=O) groups excluding carboxylic acids is 1. The van der Waals surface area contributed by atoms with Crippen LogP contribution in [0.2, 0.25) is 0 Å². The Morgan fingerprint density at radius 1 is 1.43 bits per heavy atom. The summed E-state index contributed by atoms with van der Waals surface area (Å²) in [4.78, 5) is 22.6. The fourth-order valence-electron chi connectivity index (χ4n) is 1.44. The summed E-state index contributed by atoms with van der Waals surface area (Å²) in [6, 6.07) is 3.21. The number of hydrogen-bond acceptors (Lipinski definition) is 2. The van der Waals surface area contributed by atoms with Crippen molar-refractivity contribution in [3.8, 4) is 0 Å². The molecule has 0 unspecified atom stereocenters. The van der Waals surface area contributed by atoms with Gasteiger partial charge < -0.3 is 4.57 Å². The molecule has 14 heavy (non-hydrogen) atoms. The Labute approximate surface area is 87.3 Å². The van der Waals surface area contributed by atoms with Crippen molar-refractivity contribution in [2.45, 2.75) is 26.8 Å². The first-order valence-electron chi connectivity index (χ1n) is 4.37. The molecule has 0 N–H and O–H groups in total. The standard InChI is InChI=1S/C10H12ClNO2/c1-6(2)12-7(3)4-5-8(9(11)13)10(12)14/h4-6H,1-3H3. The first-order chi connectivity index (χ1) is 6.45. The highest BCUT2D eigenvalue weighted by molar-refractivity contribution is 6.67. The van der Waals surface area contributed by atoms with Gasteiger partial charge in [0.25, 0.3) is 10.8 Å². The van der Waals surface area contributed by atoms with Crippen molar-refractivity contribution < 1.29 is 4.79 Å². The third kappa shape index (κ3) is 1.87. The van der Waals surface area contributed by atoms with Gasteiger partial charge >= 0.3 is 0 Å². The van der Waals surface area contributed by atoms with E-state index in [0.29, 0.717) is 0 Å². The summed E-state index contributed by atoms with van der Waals surface area (Å²) < 4.78 is 1.55. The minimum atomic E-state index is -0.704. The molecule has 1 rings (SSSR count). The van der Waals surface area contributed by atoms with E-state index in [1.165, 1.54) is 6.07 Å². The zero-order valence-electron chi connectivity index (χ0n) is 8.37. The molecule has 1 aromatic rings. The highest BCUT2D eigenvalue weighted by Crippen LogP contribution is 2.07. The van der Waals surface area contributed by atoms with Crippen molar-refractivity contribution >= 4 is 16.8 Å². The van der Waals surface area contributed by atoms with E-state index in [0.717, 1.165) is 5.69 Å². The molecular formula is C10H12ClNO2. The first-order valence-corrected chi connectivity index (χ1v) is 4.75. The average molecular weight is 214 g/mol. The minimum Gasteiger partial charge on any atom is -0.310 e. The average Bonchev–Trinajstić information content (AvgIpc) is 2.02. The van der Waals surface area contributed by atoms with Crippen LogP contribution in [0.1, 0.15) is 35.9 Å². The SMILES string of the molecule is Cc1ccc(C(=O)Cl)c(=O)n1C(C)C. The van der Waals surface area contributed by atoms with Crippen molar-refractivity contribution in [2.24, 2.45) is 0 Å². The third-order valence-electron chi connectivity index (χ3n) is 2.05. The lowest BCUT2D eigenvalue weighted by atomic mass is 10.2. The molecule has 1 heterocycles. The van der Waals surface area contributed by atoms with E-state index in [-0.39, 0.29) is 17.2 Å². The van der Waals surface area contributed by atoms with Gasteiger partial charge in [-0.05, 0) is 44.5 Å². The highest BCUT2D eigenvalue weighted by atomic mass is 35.5. The maximum Gasteiger partial charge on any atom is 0.263 e. The number of carbonyl (C=O) groups is 1. The lowest BCUT2D eigenvalue weighted by Gasteiger charge is -2.13. The smallest absolute Gasteiger partial charge is 0.263 e. The summed E-state index contributed by atoms with van der Waals surface area (Å²) in [6.07, 6.45) is 0. The summed E-state index contributed by atoms with van der Waals surface area (Å²) in [5.41, 5.74) is 0.539. The van der Waals surface area contributed by atoms with Gasteiger partial charge in [-0.3, -0.25) is 9.59 Å². The van der Waals surface area contributed by atoms with Crippen LogP contribution in [0, 0.1) is 6.92 Å². The molecule has 0 aromatic carbocycles. The van der Waals surface area contributed by atoms with Gasteiger partial charge in [0.2, 0.25) is 0 Å². The Balaban J connectivity index is 3.50. The Bertz CT molecular complexity index is 421. The number of halogens is 1. The van der Waals surface area contributed by atoms with E-state index in [9.17, 15) is 9.59 Å². The van der Waals surface area contributed by atoms with Crippen LogP contribution in [-0.2, 0) is 0 Å². The quantitative estimate of drug-likeness (QED) is 0.706. The Morgan fingerprint density at radius 3 is 2.43 bits per heavy atom. The second-order valence-electron chi connectivity index (χ2n) is 3.43. The molecule has 0 aliphatic heterocycles. The van der Waals surface area contributed by atoms with Gasteiger partial charge in [0.05, 0.1) is 5.56 Å². The second kappa shape index (κ2) is 3.96. The molecule has 76 valence electrons. The van der Waals surface area contributed by atoms with Gasteiger partial charge in [-0.2, -0.15) is 0 Å². The number of hydrogen-bond donors (Lipinski definition) is 0. The molecule has 4 heteroatoms. The molecular weight excluding hydrogens is 202 g/mol. The fraction of sp³-hybridized carbons (Fsp3) is 0.400. The van der Waals surface area contributed by atoms with Crippen LogP contribution in [0.4, 0.5) is 0 Å². The molecule has 0 spiro atoms. The zero-order valence-corrected chi connectivity index (χ0v) is 9.13. The Kier molecular flexibility index (Phi) is 3.11. The summed E-state index contributed by atoms with van der Waals surface area (Å²) in [5.74, 6) is 0. The molecule has 3 nitrogen and oxygen atoms in total. The summed E-state index contributed by atoms with van der Waals surface area (Å²) in [7, 11) is 0. The number of rotatable bonds is 2. The molecule has 1 aromatic heterocycles. The third-order valence-corrected chi connectivity index (χ3v) is 2.25. The molecule has 0 fully saturated rings. The second-order valence-corrected chi connectivity index (χ2v) is 3.77. The number of pyridine rings is 1. The van der Waals surface area contributed by atoms with E-state index < -0.39 is 5.24 Å². The normalized spacial score (nSPS) is 10.6. The predicted molar refractivity (Wildman–Crippen MR) is 56.0 cm³/mol. The maximum atomic E-state index is 11.7. The van der Waals surface area contributed by atoms with Gasteiger partial charge in [-0.15, -0.1) is 0 Å². The monoisotopic (exact) mass is 213 g/mol. The molecule has 0 saturated heterocycles. The molecule has 0 atom stereocenters. The zero-order chi connectivity index (χ0) is 10.9. The molecule has 0 aliphatic carbocycles. The van der Waals surface area contributed by atoms with Crippen LogP contribution in [0.5, 0.6) is 0 Å². The Morgan fingerprint density at radius 2 is 2.00 bits per heavy atom. The van der Waals surface area contributed by atoms with Gasteiger partial charge in [0.15, 0.2) is 0 Å². The fourth-order valence-corrected chi connectivity index (χ4v) is 1.58. The van der Waals surface area contributed by atoms with Crippen molar-refractivity contribution in [1.29, 1.82) is 0 Å². The lowest BCUT2D eigenvalue weighted by molar-refractivity contribution is 0.107. The van der Waals surface area contributed by atoms with E-state index in [1.54, 1.807) is 10.6 Å². The molecule has 0 amide bonds. The van der Waals surface area contributed by atoms with E-state index >= 15 is 0 Å². The summed E-state index contributed by atoms with van der Waals surface area (Å²) >= 11 is 5.29. The van der Waals surface area contributed by atoms with E-state index in [2.05, 4.69) is 0 Å². The van der Waals surface area contributed by atoms with Gasteiger partial charge in [0, 0.05) is 11.7 Å². The van der Waals surface area contributed by atoms with Gasteiger partial charge in [-0.25, -0.2) is 0 Å². The predicted octanol–water partition coefficient (Wildman–Crippen LogP) is 2.12. The van der Waals surface area contributed by atoms with Crippen LogP contribution in [0.25, 0.3) is 0 Å². The van der Waals surface area contributed by atoms with Gasteiger partial charge in [-0.1, -0.05) is 0 Å². The highest BCUT2D eigenvalue weighted by Gasteiger charge is 2.12. The summed E-state index contributed by atoms with van der Waals surface area (Å²) in [5, 5.41) is -0.704. The van der Waals surface area contributed by atoms with Crippen molar-refractivity contribution in [2.75, 3.05) is 0 Å². The van der Waals surface area contributed by atoms with E-state index in [1.807, 2.05) is 20.8 Å². The molecule has 0 bridgehead atoms. The van der Waals surface area contributed by atoms with Crippen LogP contribution >= 0.6 is 11.6 Å². The van der Waals surface area contributed by atoms with Gasteiger partial charge in [0.1, 0.15) is 0 Å². The lowest BCUT2D eigenvalue weighted by Crippen LogP contribution is -2.27. The van der Waals surface area contributed by atoms with Crippen LogP contribution in [0.15, 0.2) is 16.9 Å². The number of aryl methyl sites for hydroxylation is 1. The number of nitrogens with zero attached hydrogens (tertiary/aromatic N) is 1. The van der Waals surface area contributed by atoms with Crippen LogP contribution < -0.4 is 5.56 Å². The van der Waals surface area contributed by atoms with Crippen LogP contribution in [-0.4, -0.2) is 9.81 Å². The molecule has 0 saturated carbocycles. The molecule has 0 radical (unpaired) electrons. The van der Waals surface area contributed by atoms with Crippen molar-refractivity contribution in [1.82, 2.24) is 4.57 Å². The Hall–Kier alpha value is -1.09. The van der Waals surface area contributed by atoms with Crippen molar-refractivity contribution in [3.05, 3.63) is 33.7 Å². The summed E-state index contributed by atoms with van der Waals surface area (Å²) in [6.45, 7) is 5.59. The van der Waals surface area contributed by atoms with Crippen LogP contribution in [0.3, 0.4) is 0 Å². The molecule has 0 aliphatic rings. The number of aromatic nitrogens is 1. The topological polar surface area (TPSA) is 39.1 Å². The maximum absolute atomic E-state index is 11.7. The minimum absolute atomic E-state index is 0.0264. The van der Waals surface area contributed by atoms with E-state index in [4.69, 9.17) is 11.6 Å². The largest absolute Gasteiger partial charge is 0.310 e. The van der Waals surface area contributed by atoms with Crippen molar-refractivity contribution in [3.63, 3.8) is 0 Å². The first kappa shape index (κ1) is 11.0.